The lowest BCUT2D eigenvalue weighted by Crippen LogP contribution is -2.27. The summed E-state index contributed by atoms with van der Waals surface area (Å²) in [6, 6.07) is 2.03. The molecule has 2 rings (SSSR count). The third-order valence-corrected chi connectivity index (χ3v) is 3.00. The van der Waals surface area contributed by atoms with Crippen molar-refractivity contribution in [2.45, 2.75) is 39.8 Å². The van der Waals surface area contributed by atoms with Crippen LogP contribution in [-0.4, -0.2) is 26.3 Å². The van der Waals surface area contributed by atoms with E-state index in [1.54, 1.807) is 0 Å². The largest absolute Gasteiger partial charge is 0.302 e. The average molecular weight is 259 g/mol. The molecule has 102 valence electrons. The molecule has 0 aliphatic carbocycles. The van der Waals surface area contributed by atoms with Gasteiger partial charge in [-0.05, 0) is 38.4 Å². The van der Waals surface area contributed by atoms with Crippen LogP contribution in [0, 0.1) is 6.92 Å². The lowest BCUT2D eigenvalue weighted by molar-refractivity contribution is 0.512. The molecule has 1 N–H and O–H groups in total. The van der Waals surface area contributed by atoms with Crippen LogP contribution in [0.2, 0.25) is 0 Å². The molecule has 0 radical (unpaired) electrons. The van der Waals surface area contributed by atoms with Crippen molar-refractivity contribution in [3.05, 3.63) is 41.7 Å². The SMILES string of the molecule is CCCNC(c1ncc(C)cn1)c1ccnn1CC. The molecule has 0 amide bonds. The fourth-order valence-corrected chi connectivity index (χ4v) is 2.02. The van der Waals surface area contributed by atoms with Crippen molar-refractivity contribution in [3.8, 4) is 0 Å². The molecular weight excluding hydrogens is 238 g/mol. The normalized spacial score (nSPS) is 12.6. The molecule has 0 bridgehead atoms. The van der Waals surface area contributed by atoms with Crippen LogP contribution >= 0.6 is 0 Å². The van der Waals surface area contributed by atoms with Gasteiger partial charge in [-0.3, -0.25) is 4.68 Å². The van der Waals surface area contributed by atoms with Crippen molar-refractivity contribution < 1.29 is 0 Å². The molecule has 2 heterocycles. The fourth-order valence-electron chi connectivity index (χ4n) is 2.02. The number of aromatic nitrogens is 4. The molecule has 2 aromatic rings. The maximum atomic E-state index is 4.45. The molecule has 5 heteroatoms. The number of nitrogens with one attached hydrogen (secondary N) is 1. The van der Waals surface area contributed by atoms with Crippen LogP contribution in [0.1, 0.15) is 43.4 Å². The van der Waals surface area contributed by atoms with E-state index in [9.17, 15) is 0 Å². The topological polar surface area (TPSA) is 55.6 Å². The first-order chi connectivity index (χ1) is 9.26. The Morgan fingerprint density at radius 1 is 1.26 bits per heavy atom. The van der Waals surface area contributed by atoms with Gasteiger partial charge in [-0.2, -0.15) is 5.10 Å². The van der Waals surface area contributed by atoms with E-state index >= 15 is 0 Å². The number of aryl methyl sites for hydroxylation is 2. The molecule has 0 aromatic carbocycles. The molecule has 0 spiro atoms. The smallest absolute Gasteiger partial charge is 0.151 e. The van der Waals surface area contributed by atoms with E-state index in [0.717, 1.165) is 36.6 Å². The van der Waals surface area contributed by atoms with Gasteiger partial charge in [0.05, 0.1) is 5.69 Å². The van der Waals surface area contributed by atoms with Gasteiger partial charge in [0, 0.05) is 25.1 Å². The molecule has 0 saturated carbocycles. The molecule has 1 atom stereocenters. The Labute approximate surface area is 114 Å². The zero-order chi connectivity index (χ0) is 13.7. The van der Waals surface area contributed by atoms with Gasteiger partial charge < -0.3 is 5.32 Å². The summed E-state index contributed by atoms with van der Waals surface area (Å²) in [5.41, 5.74) is 2.18. The highest BCUT2D eigenvalue weighted by Gasteiger charge is 2.19. The summed E-state index contributed by atoms with van der Waals surface area (Å²) in [6.07, 6.45) is 6.61. The fraction of sp³-hybridized carbons (Fsp3) is 0.500. The second kappa shape index (κ2) is 6.43. The van der Waals surface area contributed by atoms with Crippen LogP contribution in [-0.2, 0) is 6.54 Å². The monoisotopic (exact) mass is 259 g/mol. The van der Waals surface area contributed by atoms with Crippen LogP contribution in [0.15, 0.2) is 24.7 Å². The van der Waals surface area contributed by atoms with E-state index in [0.29, 0.717) is 0 Å². The van der Waals surface area contributed by atoms with Gasteiger partial charge in [0.25, 0.3) is 0 Å². The van der Waals surface area contributed by atoms with Crippen molar-refractivity contribution >= 4 is 0 Å². The van der Waals surface area contributed by atoms with Gasteiger partial charge in [0.2, 0.25) is 0 Å². The Hall–Kier alpha value is -1.75. The molecule has 2 aromatic heterocycles. The molecule has 0 aliphatic heterocycles. The highest BCUT2D eigenvalue weighted by molar-refractivity contribution is 5.17. The van der Waals surface area contributed by atoms with Crippen LogP contribution in [0.3, 0.4) is 0 Å². The van der Waals surface area contributed by atoms with E-state index in [1.807, 2.05) is 36.3 Å². The predicted octanol–water partition coefficient (Wildman–Crippen LogP) is 2.09. The summed E-state index contributed by atoms with van der Waals surface area (Å²) in [4.78, 5) is 8.90. The van der Waals surface area contributed by atoms with E-state index in [-0.39, 0.29) is 6.04 Å². The van der Waals surface area contributed by atoms with E-state index < -0.39 is 0 Å². The minimum Gasteiger partial charge on any atom is -0.302 e. The molecule has 5 nitrogen and oxygen atoms in total. The van der Waals surface area contributed by atoms with Crippen molar-refractivity contribution in [3.63, 3.8) is 0 Å². The molecule has 0 fully saturated rings. The summed E-state index contributed by atoms with van der Waals surface area (Å²) in [5, 5.41) is 7.82. The lowest BCUT2D eigenvalue weighted by atomic mass is 10.1. The summed E-state index contributed by atoms with van der Waals surface area (Å²) in [6.45, 7) is 8.00. The molecular formula is C14H21N5. The first kappa shape index (κ1) is 13.7. The van der Waals surface area contributed by atoms with Gasteiger partial charge in [0.1, 0.15) is 6.04 Å². The standard InChI is InChI=1S/C14H21N5/c1-4-7-15-13(12-6-8-18-19(12)5-2)14-16-9-11(3)10-17-14/h6,8-10,13,15H,4-5,7H2,1-3H3. The first-order valence-corrected chi connectivity index (χ1v) is 6.79. The number of hydrogen-bond donors (Lipinski definition) is 1. The second-order valence-electron chi connectivity index (χ2n) is 4.58. The van der Waals surface area contributed by atoms with E-state index in [1.165, 1.54) is 0 Å². The van der Waals surface area contributed by atoms with Crippen LogP contribution in [0.25, 0.3) is 0 Å². The average Bonchev–Trinajstić information content (AvgIpc) is 2.89. The van der Waals surface area contributed by atoms with Gasteiger partial charge in [-0.25, -0.2) is 9.97 Å². The lowest BCUT2D eigenvalue weighted by Gasteiger charge is -2.18. The number of rotatable bonds is 6. The summed E-state index contributed by atoms with van der Waals surface area (Å²) >= 11 is 0. The summed E-state index contributed by atoms with van der Waals surface area (Å²) < 4.78 is 1.98. The Morgan fingerprint density at radius 3 is 2.63 bits per heavy atom. The molecule has 0 saturated heterocycles. The Morgan fingerprint density at radius 2 is 2.00 bits per heavy atom. The third kappa shape index (κ3) is 3.17. The first-order valence-electron chi connectivity index (χ1n) is 6.79. The summed E-state index contributed by atoms with van der Waals surface area (Å²) in [7, 11) is 0. The predicted molar refractivity (Wildman–Crippen MR) is 74.8 cm³/mol. The van der Waals surface area contributed by atoms with Crippen molar-refractivity contribution in [2.75, 3.05) is 6.54 Å². The molecule has 0 aliphatic rings. The van der Waals surface area contributed by atoms with Crippen molar-refractivity contribution in [1.82, 2.24) is 25.1 Å². The van der Waals surface area contributed by atoms with E-state index in [2.05, 4.69) is 34.2 Å². The van der Waals surface area contributed by atoms with Crippen LogP contribution in [0.4, 0.5) is 0 Å². The minimum absolute atomic E-state index is 0.00278. The zero-order valence-electron chi connectivity index (χ0n) is 11.8. The Kier molecular flexibility index (Phi) is 4.63. The van der Waals surface area contributed by atoms with Gasteiger partial charge in [-0.1, -0.05) is 6.92 Å². The number of hydrogen-bond acceptors (Lipinski definition) is 4. The second-order valence-corrected chi connectivity index (χ2v) is 4.58. The molecule has 1 unspecified atom stereocenters. The van der Waals surface area contributed by atoms with Gasteiger partial charge >= 0.3 is 0 Å². The highest BCUT2D eigenvalue weighted by atomic mass is 15.3. The summed E-state index contributed by atoms with van der Waals surface area (Å²) in [5.74, 6) is 0.800. The maximum Gasteiger partial charge on any atom is 0.151 e. The minimum atomic E-state index is 0.00278. The van der Waals surface area contributed by atoms with Gasteiger partial charge in [-0.15, -0.1) is 0 Å². The van der Waals surface area contributed by atoms with Crippen molar-refractivity contribution in [2.24, 2.45) is 0 Å². The quantitative estimate of drug-likeness (QED) is 0.863. The highest BCUT2D eigenvalue weighted by Crippen LogP contribution is 2.18. The Bertz CT molecular complexity index is 503. The maximum absolute atomic E-state index is 4.45. The zero-order valence-corrected chi connectivity index (χ0v) is 11.8. The number of nitrogens with zero attached hydrogens (tertiary/aromatic N) is 4. The third-order valence-electron chi connectivity index (χ3n) is 3.00. The van der Waals surface area contributed by atoms with Crippen molar-refractivity contribution in [1.29, 1.82) is 0 Å². The molecule has 19 heavy (non-hydrogen) atoms. The van der Waals surface area contributed by atoms with Gasteiger partial charge in [0.15, 0.2) is 5.82 Å². The Balaban J connectivity index is 2.32. The van der Waals surface area contributed by atoms with Crippen LogP contribution in [0.5, 0.6) is 0 Å². The van der Waals surface area contributed by atoms with E-state index in [4.69, 9.17) is 0 Å². The van der Waals surface area contributed by atoms with Crippen LogP contribution < -0.4 is 5.32 Å².